The highest BCUT2D eigenvalue weighted by Gasteiger charge is 2.15. The normalized spacial score (nSPS) is 10.4. The van der Waals surface area contributed by atoms with E-state index in [1.807, 2.05) is 0 Å². The molecule has 21 heavy (non-hydrogen) atoms. The average molecular weight is 348 g/mol. The smallest absolute Gasteiger partial charge is 0.293 e. The number of halogens is 3. The molecule has 0 fully saturated rings. The van der Waals surface area contributed by atoms with Gasteiger partial charge in [0.15, 0.2) is 0 Å². The fourth-order valence-electron chi connectivity index (χ4n) is 1.75. The van der Waals surface area contributed by atoms with Crippen LogP contribution < -0.4 is 5.32 Å². The van der Waals surface area contributed by atoms with Gasteiger partial charge in [-0.05, 0) is 24.3 Å². The van der Waals surface area contributed by atoms with Crippen molar-refractivity contribution in [1.82, 2.24) is 0 Å². The number of aromatic hydroxyl groups is 1. The van der Waals surface area contributed by atoms with Crippen LogP contribution in [0.2, 0.25) is 15.1 Å². The number of benzene rings is 2. The minimum absolute atomic E-state index is 0.116. The molecule has 0 aliphatic rings. The van der Waals surface area contributed by atoms with Crippen LogP contribution in [-0.4, -0.2) is 10.0 Å². The minimum atomic E-state index is -0.543. The van der Waals surface area contributed by atoms with E-state index in [0.717, 1.165) is 0 Å². The Kier molecular flexibility index (Phi) is 4.77. The summed E-state index contributed by atoms with van der Waals surface area (Å²) in [5.74, 6) is -0.120. The molecule has 2 aromatic rings. The van der Waals surface area contributed by atoms with Gasteiger partial charge in [0.05, 0.1) is 9.95 Å². The van der Waals surface area contributed by atoms with E-state index in [-0.39, 0.29) is 33.7 Å². The molecule has 5 nitrogen and oxygen atoms in total. The maximum atomic E-state index is 11.0. The second-order valence-corrected chi connectivity index (χ2v) is 5.45. The Morgan fingerprint density at radius 1 is 1.14 bits per heavy atom. The maximum absolute atomic E-state index is 11.0. The van der Waals surface area contributed by atoms with Gasteiger partial charge in [0.1, 0.15) is 11.4 Å². The van der Waals surface area contributed by atoms with Gasteiger partial charge in [0.25, 0.3) is 5.69 Å². The maximum Gasteiger partial charge on any atom is 0.293 e. The van der Waals surface area contributed by atoms with Crippen LogP contribution in [0, 0.1) is 10.1 Å². The lowest BCUT2D eigenvalue weighted by Gasteiger charge is -2.10. The summed E-state index contributed by atoms with van der Waals surface area (Å²) in [6.07, 6.45) is 0. The van der Waals surface area contributed by atoms with Crippen molar-refractivity contribution in [3.63, 3.8) is 0 Å². The molecular weight excluding hydrogens is 339 g/mol. The number of nitro benzene ring substituents is 1. The summed E-state index contributed by atoms with van der Waals surface area (Å²) in [6, 6.07) is 7.20. The van der Waals surface area contributed by atoms with Crippen LogP contribution in [0.1, 0.15) is 5.56 Å². The second-order valence-electron chi connectivity index (χ2n) is 4.17. The van der Waals surface area contributed by atoms with Crippen LogP contribution in [0.4, 0.5) is 11.4 Å². The Morgan fingerprint density at radius 2 is 1.86 bits per heavy atom. The molecule has 0 amide bonds. The molecule has 0 heterocycles. The zero-order valence-electron chi connectivity index (χ0n) is 10.4. The van der Waals surface area contributed by atoms with Crippen molar-refractivity contribution in [3.05, 3.63) is 61.1 Å². The standard InChI is InChI=1S/C13H9Cl3N2O3/c14-8-1-2-11(12(5-8)18(20)21)17-6-7-3-9(15)4-10(16)13(7)19/h1-5,17,19H,6H2. The number of rotatable bonds is 4. The van der Waals surface area contributed by atoms with Gasteiger partial charge in [-0.1, -0.05) is 34.8 Å². The van der Waals surface area contributed by atoms with Gasteiger partial charge in [-0.25, -0.2) is 0 Å². The molecule has 2 aromatic carbocycles. The van der Waals surface area contributed by atoms with E-state index in [4.69, 9.17) is 34.8 Å². The summed E-state index contributed by atoms with van der Waals surface area (Å²) in [5, 5.41) is 24.4. The van der Waals surface area contributed by atoms with Crippen LogP contribution in [-0.2, 0) is 6.54 Å². The lowest BCUT2D eigenvalue weighted by Crippen LogP contribution is -2.03. The first kappa shape index (κ1) is 15.7. The lowest BCUT2D eigenvalue weighted by atomic mass is 10.2. The van der Waals surface area contributed by atoms with Crippen molar-refractivity contribution >= 4 is 46.2 Å². The molecule has 0 saturated heterocycles. The van der Waals surface area contributed by atoms with Gasteiger partial charge in [0.2, 0.25) is 0 Å². The molecule has 0 unspecified atom stereocenters. The summed E-state index contributed by atoms with van der Waals surface area (Å²) in [7, 11) is 0. The Morgan fingerprint density at radius 3 is 2.52 bits per heavy atom. The van der Waals surface area contributed by atoms with Gasteiger partial charge in [-0.3, -0.25) is 10.1 Å². The van der Waals surface area contributed by atoms with Crippen molar-refractivity contribution in [2.45, 2.75) is 6.54 Å². The molecule has 0 spiro atoms. The Labute approximate surface area is 135 Å². The molecular formula is C13H9Cl3N2O3. The molecule has 8 heteroatoms. The monoisotopic (exact) mass is 346 g/mol. The zero-order valence-corrected chi connectivity index (χ0v) is 12.7. The van der Waals surface area contributed by atoms with Crippen LogP contribution in [0.5, 0.6) is 5.75 Å². The highest BCUT2D eigenvalue weighted by molar-refractivity contribution is 6.35. The van der Waals surface area contributed by atoms with Gasteiger partial charge >= 0.3 is 0 Å². The van der Waals surface area contributed by atoms with Gasteiger partial charge < -0.3 is 10.4 Å². The molecule has 0 aromatic heterocycles. The summed E-state index contributed by atoms with van der Waals surface area (Å²) in [6.45, 7) is 0.120. The lowest BCUT2D eigenvalue weighted by molar-refractivity contribution is -0.383. The molecule has 0 atom stereocenters. The van der Waals surface area contributed by atoms with Crippen molar-refractivity contribution in [1.29, 1.82) is 0 Å². The summed E-state index contributed by atoms with van der Waals surface area (Å²) in [5.41, 5.74) is 0.548. The number of phenolic OH excluding ortho intramolecular Hbond substituents is 1. The van der Waals surface area contributed by atoms with Gasteiger partial charge in [0, 0.05) is 28.2 Å². The molecule has 2 N–H and O–H groups in total. The molecule has 0 saturated carbocycles. The fourth-order valence-corrected chi connectivity index (χ4v) is 2.45. The van der Waals surface area contributed by atoms with Crippen molar-refractivity contribution in [3.8, 4) is 5.75 Å². The largest absolute Gasteiger partial charge is 0.506 e. The number of nitro groups is 1. The van der Waals surface area contributed by atoms with E-state index in [0.29, 0.717) is 10.6 Å². The number of phenols is 1. The van der Waals surface area contributed by atoms with E-state index >= 15 is 0 Å². The fraction of sp³-hybridized carbons (Fsp3) is 0.0769. The molecule has 2 rings (SSSR count). The Hall–Kier alpha value is -1.69. The highest BCUT2D eigenvalue weighted by Crippen LogP contribution is 2.33. The van der Waals surface area contributed by atoms with Gasteiger partial charge in [-0.15, -0.1) is 0 Å². The first-order chi connectivity index (χ1) is 9.88. The van der Waals surface area contributed by atoms with Crippen LogP contribution in [0.15, 0.2) is 30.3 Å². The van der Waals surface area contributed by atoms with E-state index in [9.17, 15) is 15.2 Å². The highest BCUT2D eigenvalue weighted by atomic mass is 35.5. The van der Waals surface area contributed by atoms with Crippen molar-refractivity contribution < 1.29 is 10.0 Å². The summed E-state index contributed by atoms with van der Waals surface area (Å²) >= 11 is 17.4. The predicted octanol–water partition coefficient (Wildman–Crippen LogP) is 4.87. The second kappa shape index (κ2) is 6.39. The van der Waals surface area contributed by atoms with Crippen LogP contribution >= 0.6 is 34.8 Å². The summed E-state index contributed by atoms with van der Waals surface area (Å²) in [4.78, 5) is 10.4. The Bertz CT molecular complexity index is 707. The third-order valence-corrected chi connectivity index (χ3v) is 3.47. The van der Waals surface area contributed by atoms with Crippen molar-refractivity contribution in [2.75, 3.05) is 5.32 Å². The third-order valence-electron chi connectivity index (χ3n) is 2.73. The van der Waals surface area contributed by atoms with E-state index in [2.05, 4.69) is 5.32 Å². The predicted molar refractivity (Wildman–Crippen MR) is 83.6 cm³/mol. The van der Waals surface area contributed by atoms with E-state index in [1.165, 1.54) is 30.3 Å². The van der Waals surface area contributed by atoms with Crippen LogP contribution in [0.3, 0.4) is 0 Å². The number of hydrogen-bond donors (Lipinski definition) is 2. The summed E-state index contributed by atoms with van der Waals surface area (Å²) < 4.78 is 0. The number of nitrogens with one attached hydrogen (secondary N) is 1. The molecule has 110 valence electrons. The van der Waals surface area contributed by atoms with Crippen molar-refractivity contribution in [2.24, 2.45) is 0 Å². The molecule has 0 aliphatic heterocycles. The topological polar surface area (TPSA) is 75.4 Å². The number of hydrogen-bond acceptors (Lipinski definition) is 4. The Balaban J connectivity index is 2.27. The number of nitrogens with zero attached hydrogens (tertiary/aromatic N) is 1. The first-order valence-electron chi connectivity index (χ1n) is 5.73. The molecule has 0 bridgehead atoms. The molecule has 0 radical (unpaired) electrons. The first-order valence-corrected chi connectivity index (χ1v) is 6.86. The van der Waals surface area contributed by atoms with E-state index < -0.39 is 4.92 Å². The zero-order chi connectivity index (χ0) is 15.6. The third kappa shape index (κ3) is 3.69. The molecule has 0 aliphatic carbocycles. The average Bonchev–Trinajstić information content (AvgIpc) is 2.42. The quantitative estimate of drug-likeness (QED) is 0.611. The number of anilines is 1. The van der Waals surface area contributed by atoms with Gasteiger partial charge in [-0.2, -0.15) is 0 Å². The van der Waals surface area contributed by atoms with E-state index in [1.54, 1.807) is 0 Å². The minimum Gasteiger partial charge on any atom is -0.506 e. The SMILES string of the molecule is O=[N+]([O-])c1cc(Cl)ccc1NCc1cc(Cl)cc(Cl)c1O. The van der Waals surface area contributed by atoms with Crippen LogP contribution in [0.25, 0.3) is 0 Å².